The number of hydrogen-bond acceptors (Lipinski definition) is 2. The quantitative estimate of drug-likeness (QED) is 0.598. The third-order valence-electron chi connectivity index (χ3n) is 3.18. The van der Waals surface area contributed by atoms with E-state index in [1.807, 2.05) is 0 Å². The Kier molecular flexibility index (Phi) is 8.24. The van der Waals surface area contributed by atoms with Crippen LogP contribution in [0.5, 0.6) is 0 Å². The minimum atomic E-state index is -3.52. The first kappa shape index (κ1) is 18.9. The molecule has 1 aromatic rings. The fourth-order valence-electron chi connectivity index (χ4n) is 2.01. The molecule has 0 saturated carbocycles. The van der Waals surface area contributed by atoms with Gasteiger partial charge < -0.3 is 0 Å². The predicted octanol–water partition coefficient (Wildman–Crippen LogP) is 4.99. The molecule has 1 aromatic carbocycles. The molecule has 0 aliphatic heterocycles. The van der Waals surface area contributed by atoms with Crippen molar-refractivity contribution in [2.45, 2.75) is 50.8 Å². The molecule has 3 nitrogen and oxygen atoms in total. The molecule has 120 valence electrons. The Morgan fingerprint density at radius 2 is 1.86 bits per heavy atom. The summed E-state index contributed by atoms with van der Waals surface area (Å²) in [6.07, 6.45) is 5.50. The van der Waals surface area contributed by atoms with Gasteiger partial charge in [0, 0.05) is 11.0 Å². The van der Waals surface area contributed by atoms with Gasteiger partial charge in [0.15, 0.2) is 0 Å². The van der Waals surface area contributed by atoms with Crippen LogP contribution in [0.3, 0.4) is 0 Å². The first-order valence-corrected chi connectivity index (χ1v) is 9.93. The maximum Gasteiger partial charge on any atom is 0.242 e. The van der Waals surface area contributed by atoms with Gasteiger partial charge in [0.25, 0.3) is 0 Å². The van der Waals surface area contributed by atoms with Gasteiger partial charge in [-0.2, -0.15) is 0 Å². The normalized spacial score (nSPS) is 12.0. The Morgan fingerprint density at radius 3 is 2.48 bits per heavy atom. The van der Waals surface area contributed by atoms with E-state index < -0.39 is 10.0 Å². The average Bonchev–Trinajstić information content (AvgIpc) is 2.36. The lowest BCUT2D eigenvalue weighted by molar-refractivity contribution is 0.517. The van der Waals surface area contributed by atoms with Crippen LogP contribution < -0.4 is 4.72 Å². The first-order valence-electron chi connectivity index (χ1n) is 7.27. The van der Waals surface area contributed by atoms with E-state index >= 15 is 0 Å². The van der Waals surface area contributed by atoms with Gasteiger partial charge in [-0.3, -0.25) is 0 Å². The molecule has 0 heterocycles. The van der Waals surface area contributed by atoms with E-state index in [4.69, 9.17) is 11.6 Å². The molecule has 0 amide bonds. The van der Waals surface area contributed by atoms with E-state index in [1.165, 1.54) is 18.9 Å². The minimum absolute atomic E-state index is 0.132. The number of hydrogen-bond donors (Lipinski definition) is 1. The number of halogens is 2. The fourth-order valence-corrected chi connectivity index (χ4v) is 4.12. The topological polar surface area (TPSA) is 46.2 Å². The van der Waals surface area contributed by atoms with Crippen molar-refractivity contribution in [3.8, 4) is 0 Å². The first-order chi connectivity index (χ1) is 9.83. The molecule has 21 heavy (non-hydrogen) atoms. The van der Waals surface area contributed by atoms with Crippen molar-refractivity contribution in [1.82, 2.24) is 4.72 Å². The van der Waals surface area contributed by atoms with Crippen LogP contribution in [-0.2, 0) is 10.0 Å². The van der Waals surface area contributed by atoms with Crippen molar-refractivity contribution in [2.24, 2.45) is 5.92 Å². The molecule has 1 rings (SSSR count). The fraction of sp³-hybridized carbons (Fsp3) is 0.600. The van der Waals surface area contributed by atoms with Crippen LogP contribution in [-0.4, -0.2) is 15.0 Å². The standard InChI is InChI=1S/C15H23BrClNO2S/c1-12(2)7-5-3-4-6-10-18-21(19,20)15-9-8-13(16)11-14(15)17/h8-9,11-12,18H,3-7,10H2,1-2H3. The summed E-state index contributed by atoms with van der Waals surface area (Å²) in [5, 5.41) is 0.230. The molecule has 0 bridgehead atoms. The van der Waals surface area contributed by atoms with E-state index in [-0.39, 0.29) is 9.92 Å². The van der Waals surface area contributed by atoms with Crippen molar-refractivity contribution in [3.05, 3.63) is 27.7 Å². The molecule has 0 fully saturated rings. The van der Waals surface area contributed by atoms with Gasteiger partial charge in [-0.05, 0) is 30.5 Å². The SMILES string of the molecule is CC(C)CCCCCCNS(=O)(=O)c1ccc(Br)cc1Cl. The minimum Gasteiger partial charge on any atom is -0.211 e. The van der Waals surface area contributed by atoms with Crippen LogP contribution >= 0.6 is 27.5 Å². The van der Waals surface area contributed by atoms with Crippen molar-refractivity contribution >= 4 is 37.6 Å². The summed E-state index contributed by atoms with van der Waals surface area (Å²) in [7, 11) is -3.52. The zero-order chi connectivity index (χ0) is 15.9. The zero-order valence-electron chi connectivity index (χ0n) is 12.5. The van der Waals surface area contributed by atoms with Crippen molar-refractivity contribution in [3.63, 3.8) is 0 Å². The highest BCUT2D eigenvalue weighted by molar-refractivity contribution is 9.10. The maximum absolute atomic E-state index is 12.1. The summed E-state index contributed by atoms with van der Waals surface area (Å²) in [5.41, 5.74) is 0. The molecule has 0 aromatic heterocycles. The number of unbranched alkanes of at least 4 members (excludes halogenated alkanes) is 3. The largest absolute Gasteiger partial charge is 0.242 e. The van der Waals surface area contributed by atoms with Crippen LogP contribution in [0, 0.1) is 5.92 Å². The van der Waals surface area contributed by atoms with Crippen molar-refractivity contribution in [2.75, 3.05) is 6.54 Å². The molecule has 6 heteroatoms. The van der Waals surface area contributed by atoms with E-state index in [0.717, 1.165) is 29.7 Å². The molecule has 0 aliphatic carbocycles. The molecule has 0 saturated heterocycles. The molecule has 0 aliphatic rings. The monoisotopic (exact) mass is 395 g/mol. The summed E-state index contributed by atoms with van der Waals surface area (Å²) in [5.74, 6) is 0.739. The van der Waals surface area contributed by atoms with Crippen LogP contribution in [0.25, 0.3) is 0 Å². The Bertz CT molecular complexity index is 547. The van der Waals surface area contributed by atoms with Gasteiger partial charge in [0.1, 0.15) is 4.90 Å². The smallest absolute Gasteiger partial charge is 0.211 e. The Morgan fingerprint density at radius 1 is 1.19 bits per heavy atom. The highest BCUT2D eigenvalue weighted by atomic mass is 79.9. The van der Waals surface area contributed by atoms with Gasteiger partial charge in [-0.1, -0.05) is 67.1 Å². The van der Waals surface area contributed by atoms with Crippen LogP contribution in [0.4, 0.5) is 0 Å². The highest BCUT2D eigenvalue weighted by Gasteiger charge is 2.17. The van der Waals surface area contributed by atoms with Gasteiger partial charge >= 0.3 is 0 Å². The van der Waals surface area contributed by atoms with Crippen molar-refractivity contribution < 1.29 is 8.42 Å². The van der Waals surface area contributed by atoms with E-state index in [9.17, 15) is 8.42 Å². The van der Waals surface area contributed by atoms with Gasteiger partial charge in [-0.25, -0.2) is 13.1 Å². The van der Waals surface area contributed by atoms with Crippen LogP contribution in [0.15, 0.2) is 27.6 Å². The number of nitrogens with one attached hydrogen (secondary N) is 1. The Balaban J connectivity index is 2.37. The molecular weight excluding hydrogens is 374 g/mol. The molecule has 1 N–H and O–H groups in total. The van der Waals surface area contributed by atoms with Gasteiger partial charge in [-0.15, -0.1) is 0 Å². The number of rotatable bonds is 9. The third-order valence-corrected chi connectivity index (χ3v) is 5.62. The summed E-state index contributed by atoms with van der Waals surface area (Å²) in [6, 6.07) is 4.77. The summed E-state index contributed by atoms with van der Waals surface area (Å²) < 4.78 is 27.6. The van der Waals surface area contributed by atoms with E-state index in [2.05, 4.69) is 34.5 Å². The highest BCUT2D eigenvalue weighted by Crippen LogP contribution is 2.25. The Hall–Kier alpha value is -0.100. The second kappa shape index (κ2) is 9.13. The Labute approximate surface area is 141 Å². The molecular formula is C15H23BrClNO2S. The van der Waals surface area contributed by atoms with Gasteiger partial charge in [0.2, 0.25) is 10.0 Å². The van der Waals surface area contributed by atoms with Crippen molar-refractivity contribution in [1.29, 1.82) is 0 Å². The lowest BCUT2D eigenvalue weighted by Crippen LogP contribution is -2.25. The predicted molar refractivity (Wildman–Crippen MR) is 92.3 cm³/mol. The van der Waals surface area contributed by atoms with E-state index in [1.54, 1.807) is 12.1 Å². The molecule has 0 radical (unpaired) electrons. The van der Waals surface area contributed by atoms with E-state index in [0.29, 0.717) is 6.54 Å². The molecule has 0 unspecified atom stereocenters. The molecule has 0 atom stereocenters. The average molecular weight is 397 g/mol. The lowest BCUT2D eigenvalue weighted by atomic mass is 10.0. The van der Waals surface area contributed by atoms with Crippen LogP contribution in [0.1, 0.15) is 46.0 Å². The summed E-state index contributed by atoms with van der Waals surface area (Å²) >= 11 is 9.24. The van der Waals surface area contributed by atoms with Gasteiger partial charge in [0.05, 0.1) is 5.02 Å². The summed E-state index contributed by atoms with van der Waals surface area (Å²) in [4.78, 5) is 0.132. The second-order valence-corrected chi connectivity index (χ2v) is 8.63. The number of sulfonamides is 1. The number of benzene rings is 1. The third kappa shape index (κ3) is 7.13. The second-order valence-electron chi connectivity index (χ2n) is 5.57. The summed E-state index contributed by atoms with van der Waals surface area (Å²) in [6.45, 7) is 4.89. The zero-order valence-corrected chi connectivity index (χ0v) is 15.7. The van der Waals surface area contributed by atoms with Crippen LogP contribution in [0.2, 0.25) is 5.02 Å². The lowest BCUT2D eigenvalue weighted by Gasteiger charge is -2.09. The maximum atomic E-state index is 12.1. The molecule has 0 spiro atoms.